The van der Waals surface area contributed by atoms with E-state index in [1.54, 1.807) is 0 Å². The summed E-state index contributed by atoms with van der Waals surface area (Å²) < 4.78 is 11.6. The topological polar surface area (TPSA) is 35.6 Å². The Labute approximate surface area is 137 Å². The molecule has 0 spiro atoms. The molecule has 4 nitrogen and oxygen atoms in total. The fourth-order valence-electron chi connectivity index (χ4n) is 1.90. The molecule has 1 saturated heterocycles. The molecule has 2 amide bonds. The van der Waals surface area contributed by atoms with Gasteiger partial charge in [-0.15, -0.1) is 0 Å². The number of benzene rings is 1. The number of urea groups is 1. The average Bonchev–Trinajstić information content (AvgIpc) is 2.68. The summed E-state index contributed by atoms with van der Waals surface area (Å²) in [6.45, 7) is 6.51. The average molecular weight is 352 g/mol. The Balaban J connectivity index is 2.19. The maximum absolute atomic E-state index is 13.2. The number of hydrogen-bond acceptors (Lipinski definition) is 3. The molecular weight excluding hydrogens is 336 g/mol. The lowest BCUT2D eigenvalue weighted by atomic mass is 9.87. The molecule has 0 aliphatic carbocycles. The molecular formula is C13H16Cl2FN3OS. The van der Waals surface area contributed by atoms with Gasteiger partial charge in [-0.25, -0.2) is 4.79 Å². The first kappa shape index (κ1) is 16.7. The number of rotatable bonds is 3. The van der Waals surface area contributed by atoms with Crippen molar-refractivity contribution in [3.63, 3.8) is 0 Å². The summed E-state index contributed by atoms with van der Waals surface area (Å²) in [5.41, 5.74) is 4.54. The van der Waals surface area contributed by atoms with Crippen LogP contribution in [0.2, 0.25) is 0 Å². The van der Waals surface area contributed by atoms with E-state index in [-0.39, 0.29) is 12.1 Å². The molecule has 0 radical (unpaired) electrons. The fourth-order valence-corrected chi connectivity index (χ4v) is 2.82. The van der Waals surface area contributed by atoms with Crippen LogP contribution in [0.5, 0.6) is 0 Å². The Morgan fingerprint density at radius 2 is 2.00 bits per heavy atom. The fraction of sp³-hybridized carbons (Fsp3) is 0.462. The van der Waals surface area contributed by atoms with Gasteiger partial charge < -0.3 is 0 Å². The van der Waals surface area contributed by atoms with Crippen molar-refractivity contribution in [2.45, 2.75) is 30.1 Å². The molecule has 1 aromatic carbocycles. The number of hydrazine groups is 1. The first-order valence-electron chi connectivity index (χ1n) is 6.29. The molecule has 1 heterocycles. The van der Waals surface area contributed by atoms with E-state index in [9.17, 15) is 9.18 Å². The van der Waals surface area contributed by atoms with Crippen molar-refractivity contribution in [3.05, 3.63) is 29.8 Å². The second kappa shape index (κ2) is 5.83. The van der Waals surface area contributed by atoms with E-state index in [1.807, 2.05) is 24.3 Å². The molecule has 0 bridgehead atoms. The van der Waals surface area contributed by atoms with Crippen LogP contribution >= 0.6 is 35.1 Å². The van der Waals surface area contributed by atoms with Crippen molar-refractivity contribution in [1.82, 2.24) is 9.84 Å². The van der Waals surface area contributed by atoms with Crippen LogP contribution in [0.25, 0.3) is 0 Å². The number of halogens is 3. The lowest BCUT2D eigenvalue weighted by molar-refractivity contribution is 0.235. The van der Waals surface area contributed by atoms with Crippen molar-refractivity contribution in [2.75, 3.05) is 11.6 Å². The number of nitrogens with one attached hydrogen (secondary N) is 1. The smallest absolute Gasteiger partial charge is 0.278 e. The summed E-state index contributed by atoms with van der Waals surface area (Å²) >= 11 is 10.9. The summed E-state index contributed by atoms with van der Waals surface area (Å²) in [6, 6.07) is 7.25. The molecule has 1 fully saturated rings. The van der Waals surface area contributed by atoms with Gasteiger partial charge in [0, 0.05) is 17.6 Å². The third-order valence-corrected chi connectivity index (χ3v) is 4.08. The predicted octanol–water partition coefficient (Wildman–Crippen LogP) is 4.39. The lowest BCUT2D eigenvalue weighted by Crippen LogP contribution is -2.31. The maximum Gasteiger partial charge on any atom is 0.350 e. The zero-order chi connectivity index (χ0) is 15.8. The largest absolute Gasteiger partial charge is 0.350 e. The van der Waals surface area contributed by atoms with E-state index in [1.165, 1.54) is 4.90 Å². The molecule has 2 rings (SSSR count). The predicted molar refractivity (Wildman–Crippen MR) is 86.0 cm³/mol. The highest BCUT2D eigenvalue weighted by Gasteiger charge is 2.37. The molecule has 0 unspecified atom stereocenters. The molecule has 1 aliphatic heterocycles. The Morgan fingerprint density at radius 1 is 1.33 bits per heavy atom. The van der Waals surface area contributed by atoms with Crippen LogP contribution in [0.15, 0.2) is 24.3 Å². The van der Waals surface area contributed by atoms with Gasteiger partial charge in [0.05, 0.1) is 6.67 Å². The summed E-state index contributed by atoms with van der Waals surface area (Å²) in [5, 5.41) is 0. The Hall–Kier alpha value is -0.690. The van der Waals surface area contributed by atoms with Crippen molar-refractivity contribution in [2.24, 2.45) is 0 Å². The van der Waals surface area contributed by atoms with Gasteiger partial charge >= 0.3 is 9.95 Å². The van der Waals surface area contributed by atoms with Crippen LogP contribution in [-0.4, -0.2) is 21.0 Å². The van der Waals surface area contributed by atoms with Crippen LogP contribution < -0.4 is 10.3 Å². The first-order chi connectivity index (χ1) is 9.58. The molecule has 0 aromatic heterocycles. The quantitative estimate of drug-likeness (QED) is 0.647. The number of carbonyl (C=O) groups is 1. The highest BCUT2D eigenvalue weighted by Crippen LogP contribution is 2.39. The van der Waals surface area contributed by atoms with Crippen molar-refractivity contribution >= 4 is 46.9 Å². The second-order valence-electron chi connectivity index (χ2n) is 5.66. The van der Waals surface area contributed by atoms with Crippen molar-refractivity contribution in [1.29, 1.82) is 0 Å². The van der Waals surface area contributed by atoms with E-state index >= 15 is 0 Å². The van der Waals surface area contributed by atoms with Gasteiger partial charge in [-0.2, -0.15) is 14.2 Å². The van der Waals surface area contributed by atoms with Crippen LogP contribution in [-0.2, 0) is 5.41 Å². The van der Waals surface area contributed by atoms with Crippen LogP contribution in [0.1, 0.15) is 26.3 Å². The van der Waals surface area contributed by atoms with Gasteiger partial charge in [-0.3, -0.25) is 4.90 Å². The van der Waals surface area contributed by atoms with Crippen molar-refractivity contribution < 1.29 is 9.18 Å². The molecule has 8 heteroatoms. The van der Waals surface area contributed by atoms with Crippen LogP contribution in [0.3, 0.4) is 0 Å². The molecule has 1 aliphatic rings. The minimum atomic E-state index is -2.56. The Kier molecular flexibility index (Phi) is 4.63. The highest BCUT2D eigenvalue weighted by atomic mass is 35.5. The number of anilines is 1. The molecule has 0 saturated carbocycles. The first-order valence-corrected chi connectivity index (χ1v) is 7.82. The zero-order valence-electron chi connectivity index (χ0n) is 11.9. The highest BCUT2D eigenvalue weighted by molar-refractivity contribution is 8.01. The lowest BCUT2D eigenvalue weighted by Gasteiger charge is -2.22. The molecule has 0 atom stereocenters. The normalized spacial score (nSPS) is 16.8. The maximum atomic E-state index is 13.2. The number of alkyl halides is 3. The van der Waals surface area contributed by atoms with E-state index < -0.39 is 9.95 Å². The summed E-state index contributed by atoms with van der Waals surface area (Å²) in [4.78, 5) is 13.7. The second-order valence-corrected chi connectivity index (χ2v) is 8.45. The molecule has 1 aromatic rings. The molecule has 1 N–H and O–H groups in total. The Bertz CT molecular complexity index is 545. The third-order valence-electron chi connectivity index (χ3n) is 3.00. The van der Waals surface area contributed by atoms with E-state index in [0.717, 1.165) is 15.7 Å². The van der Waals surface area contributed by atoms with Crippen LogP contribution in [0, 0.1) is 0 Å². The summed E-state index contributed by atoms with van der Waals surface area (Å²) in [5.74, 6) is 0. The van der Waals surface area contributed by atoms with Gasteiger partial charge in [0.25, 0.3) is 0 Å². The number of amides is 2. The van der Waals surface area contributed by atoms with Gasteiger partial charge in [0.2, 0.25) is 0 Å². The minimum Gasteiger partial charge on any atom is -0.278 e. The van der Waals surface area contributed by atoms with E-state index in [2.05, 4.69) is 26.2 Å². The van der Waals surface area contributed by atoms with Gasteiger partial charge in [0.1, 0.15) is 0 Å². The van der Waals surface area contributed by atoms with Crippen molar-refractivity contribution in [3.8, 4) is 0 Å². The van der Waals surface area contributed by atoms with E-state index in [0.29, 0.717) is 11.9 Å². The monoisotopic (exact) mass is 351 g/mol. The third kappa shape index (κ3) is 4.16. The number of nitrogens with zero attached hydrogens (tertiary/aromatic N) is 2. The number of carbonyl (C=O) groups excluding carboxylic acids is 1. The summed E-state index contributed by atoms with van der Waals surface area (Å²) in [6.07, 6.45) is 0. The molecule has 21 heavy (non-hydrogen) atoms. The summed E-state index contributed by atoms with van der Waals surface area (Å²) in [7, 11) is 0. The zero-order valence-corrected chi connectivity index (χ0v) is 14.2. The van der Waals surface area contributed by atoms with Gasteiger partial charge in [0.15, 0.2) is 0 Å². The number of hydrogen-bond donors (Lipinski definition) is 1. The molecule has 116 valence electrons. The standard InChI is InChI=1S/C13H16Cl2FN3OS/c1-12(2,3)9-5-4-6-10(7-9)18-8-17-19(11(18)20)21-13(14,15)16/h4-7,17H,8H2,1-3H3. The van der Waals surface area contributed by atoms with Crippen LogP contribution in [0.4, 0.5) is 14.9 Å². The minimum absolute atomic E-state index is 0.0268. The van der Waals surface area contributed by atoms with E-state index in [4.69, 9.17) is 23.2 Å². The van der Waals surface area contributed by atoms with Gasteiger partial charge in [-0.1, -0.05) is 56.1 Å². The SMILES string of the molecule is CC(C)(C)c1cccc(N2CNN(SC(F)(Cl)Cl)C2=O)c1. The Morgan fingerprint density at radius 3 is 2.57 bits per heavy atom. The van der Waals surface area contributed by atoms with Gasteiger partial charge in [-0.05, 0) is 23.1 Å².